The zero-order valence-corrected chi connectivity index (χ0v) is 20.3. The molecule has 0 N–H and O–H groups in total. The summed E-state index contributed by atoms with van der Waals surface area (Å²) in [6.07, 6.45) is 4.63. The summed E-state index contributed by atoms with van der Waals surface area (Å²) in [6.45, 7) is 1.86. The molecule has 0 amide bonds. The number of ether oxygens (including phenoxy) is 1. The highest BCUT2D eigenvalue weighted by atomic mass is 33.1. The van der Waals surface area contributed by atoms with Gasteiger partial charge >= 0.3 is 5.97 Å². The maximum Gasteiger partial charge on any atom is 0.310 e. The van der Waals surface area contributed by atoms with Crippen LogP contribution < -0.4 is 0 Å². The van der Waals surface area contributed by atoms with Crippen LogP contribution in [0.1, 0.15) is 30.0 Å². The number of carbonyl (C=O) groups excluding carboxylic acids is 1. The fraction of sp³-hybridized carbons (Fsp3) is 0.261. The SMILES string of the molecule is CC1=C(CC(=O)OCCSS(C)(=O)=O)c2cc(F)ccc2/C1=C\c1ccc([S+](C)[O-])cc1. The van der Waals surface area contributed by atoms with E-state index in [1.807, 2.05) is 25.1 Å². The molecule has 1 aliphatic rings. The van der Waals surface area contributed by atoms with Crippen LogP contribution >= 0.6 is 10.8 Å². The molecule has 0 aromatic heterocycles. The van der Waals surface area contributed by atoms with Crippen LogP contribution in [0.5, 0.6) is 0 Å². The third-order valence-electron chi connectivity index (χ3n) is 4.94. The standard InChI is InChI=1S/C23H23FO5S3/c1-15-20(12-16-4-7-18(8-5-16)31(2)26)19-9-6-17(24)13-22(19)21(15)14-23(25)29-10-11-30-32(3,27)28/h4-9,12-13H,10-11,14H2,1-3H3/b20-12-. The smallest absolute Gasteiger partial charge is 0.310 e. The molecule has 0 heterocycles. The monoisotopic (exact) mass is 494 g/mol. The molecule has 1 aliphatic carbocycles. The van der Waals surface area contributed by atoms with Gasteiger partial charge in [0.2, 0.25) is 0 Å². The predicted octanol–water partition coefficient (Wildman–Crippen LogP) is 4.52. The van der Waals surface area contributed by atoms with Crippen molar-refractivity contribution in [1.29, 1.82) is 0 Å². The second kappa shape index (κ2) is 10.2. The minimum atomic E-state index is -3.19. The van der Waals surface area contributed by atoms with Crippen molar-refractivity contribution in [1.82, 2.24) is 0 Å². The molecular formula is C23H23FO5S3. The highest BCUT2D eigenvalue weighted by Crippen LogP contribution is 2.44. The molecule has 5 nitrogen and oxygen atoms in total. The molecule has 1 atom stereocenters. The normalized spacial score (nSPS) is 15.7. The summed E-state index contributed by atoms with van der Waals surface area (Å²) in [4.78, 5) is 13.1. The predicted molar refractivity (Wildman–Crippen MR) is 129 cm³/mol. The quantitative estimate of drug-likeness (QED) is 0.232. The van der Waals surface area contributed by atoms with Crippen molar-refractivity contribution >= 4 is 54.0 Å². The first-order chi connectivity index (χ1) is 15.0. The Balaban J connectivity index is 1.84. The number of benzene rings is 2. The van der Waals surface area contributed by atoms with Crippen LogP contribution in [0, 0.1) is 5.82 Å². The second-order valence-electron chi connectivity index (χ2n) is 7.30. The summed E-state index contributed by atoms with van der Waals surface area (Å²) < 4.78 is 53.1. The highest BCUT2D eigenvalue weighted by molar-refractivity contribution is 8.71. The molecule has 9 heteroatoms. The van der Waals surface area contributed by atoms with Crippen molar-refractivity contribution in [3.63, 3.8) is 0 Å². The first-order valence-electron chi connectivity index (χ1n) is 9.71. The average Bonchev–Trinajstić information content (AvgIpc) is 2.96. The lowest BCUT2D eigenvalue weighted by atomic mass is 10.0. The Morgan fingerprint density at radius 2 is 1.88 bits per heavy atom. The molecule has 0 bridgehead atoms. The molecule has 0 saturated heterocycles. The third-order valence-corrected chi connectivity index (χ3v) is 8.42. The Hall–Kier alpha value is -2.07. The molecule has 3 rings (SSSR count). The van der Waals surface area contributed by atoms with Gasteiger partial charge in [-0.05, 0) is 105 Å². The zero-order chi connectivity index (χ0) is 23.5. The lowest BCUT2D eigenvalue weighted by Gasteiger charge is -2.07. The number of carbonyl (C=O) groups is 1. The molecule has 0 fully saturated rings. The van der Waals surface area contributed by atoms with Crippen molar-refractivity contribution in [2.75, 3.05) is 24.9 Å². The topological polar surface area (TPSA) is 83.5 Å². The van der Waals surface area contributed by atoms with E-state index in [-0.39, 0.29) is 18.8 Å². The van der Waals surface area contributed by atoms with E-state index in [0.717, 1.165) is 44.2 Å². The van der Waals surface area contributed by atoms with Gasteiger partial charge in [0.25, 0.3) is 0 Å². The number of hydrogen-bond donors (Lipinski definition) is 0. The summed E-state index contributed by atoms with van der Waals surface area (Å²) in [7, 11) is -2.47. The van der Waals surface area contributed by atoms with Crippen LogP contribution in [0.25, 0.3) is 17.2 Å². The van der Waals surface area contributed by atoms with Gasteiger partial charge in [-0.1, -0.05) is 6.07 Å². The van der Waals surface area contributed by atoms with Gasteiger partial charge in [-0.2, -0.15) is 0 Å². The number of esters is 1. The van der Waals surface area contributed by atoms with E-state index in [0.29, 0.717) is 11.1 Å². The van der Waals surface area contributed by atoms with Gasteiger partial charge in [-0.15, -0.1) is 0 Å². The van der Waals surface area contributed by atoms with Crippen molar-refractivity contribution < 1.29 is 26.9 Å². The van der Waals surface area contributed by atoms with Gasteiger partial charge < -0.3 is 9.29 Å². The van der Waals surface area contributed by atoms with E-state index in [1.165, 1.54) is 12.1 Å². The number of hydrogen-bond acceptors (Lipinski definition) is 6. The molecule has 2 aromatic carbocycles. The molecule has 0 spiro atoms. The van der Waals surface area contributed by atoms with Crippen molar-refractivity contribution in [2.24, 2.45) is 0 Å². The van der Waals surface area contributed by atoms with Crippen molar-refractivity contribution in [2.45, 2.75) is 18.2 Å². The minimum absolute atomic E-state index is 0.0211. The van der Waals surface area contributed by atoms with Crippen molar-refractivity contribution in [3.8, 4) is 0 Å². The van der Waals surface area contributed by atoms with Crippen LogP contribution in [-0.2, 0) is 29.6 Å². The van der Waals surface area contributed by atoms with E-state index in [9.17, 15) is 22.2 Å². The van der Waals surface area contributed by atoms with Crippen LogP contribution in [-0.4, -0.2) is 43.8 Å². The summed E-state index contributed by atoms with van der Waals surface area (Å²) in [6, 6.07) is 11.8. The fourth-order valence-electron chi connectivity index (χ4n) is 3.44. The van der Waals surface area contributed by atoms with Crippen LogP contribution in [0.15, 0.2) is 52.9 Å². The summed E-state index contributed by atoms with van der Waals surface area (Å²) in [5.74, 6) is -0.750. The van der Waals surface area contributed by atoms with E-state index < -0.39 is 31.8 Å². The van der Waals surface area contributed by atoms with Gasteiger partial charge in [0.1, 0.15) is 18.7 Å². The van der Waals surface area contributed by atoms with Gasteiger partial charge in [0.15, 0.2) is 13.8 Å². The molecule has 0 radical (unpaired) electrons. The Morgan fingerprint density at radius 1 is 1.19 bits per heavy atom. The fourth-order valence-corrected chi connectivity index (χ4v) is 5.53. The van der Waals surface area contributed by atoms with Crippen LogP contribution in [0.3, 0.4) is 0 Å². The van der Waals surface area contributed by atoms with Gasteiger partial charge in [-0.25, -0.2) is 12.8 Å². The first-order valence-corrected chi connectivity index (χ1v) is 14.7. The Labute approximate surface area is 194 Å². The second-order valence-corrected chi connectivity index (χ2v) is 13.3. The van der Waals surface area contributed by atoms with Gasteiger partial charge in [-0.3, -0.25) is 4.79 Å². The van der Waals surface area contributed by atoms with E-state index in [1.54, 1.807) is 24.5 Å². The Bertz CT molecular complexity index is 1180. The molecule has 0 saturated carbocycles. The number of rotatable bonds is 8. The largest absolute Gasteiger partial charge is 0.612 e. The Morgan fingerprint density at radius 3 is 2.50 bits per heavy atom. The summed E-state index contributed by atoms with van der Waals surface area (Å²) >= 11 is -1.07. The van der Waals surface area contributed by atoms with E-state index in [4.69, 9.17) is 4.74 Å². The molecule has 32 heavy (non-hydrogen) atoms. The molecule has 1 unspecified atom stereocenters. The maximum absolute atomic E-state index is 14.0. The minimum Gasteiger partial charge on any atom is -0.612 e. The zero-order valence-electron chi connectivity index (χ0n) is 17.9. The molecule has 170 valence electrons. The maximum atomic E-state index is 14.0. The van der Waals surface area contributed by atoms with Crippen molar-refractivity contribution in [3.05, 3.63) is 70.5 Å². The first kappa shape index (κ1) is 24.6. The highest BCUT2D eigenvalue weighted by Gasteiger charge is 2.26. The van der Waals surface area contributed by atoms with E-state index in [2.05, 4.69) is 0 Å². The van der Waals surface area contributed by atoms with E-state index >= 15 is 0 Å². The third kappa shape index (κ3) is 6.25. The van der Waals surface area contributed by atoms with Gasteiger partial charge in [0, 0.05) is 12.0 Å². The van der Waals surface area contributed by atoms with Crippen LogP contribution in [0.2, 0.25) is 0 Å². The lowest BCUT2D eigenvalue weighted by Crippen LogP contribution is -2.09. The summed E-state index contributed by atoms with van der Waals surface area (Å²) in [5.41, 5.74) is 4.75. The number of fused-ring (bicyclic) bond motifs is 1. The molecular weight excluding hydrogens is 471 g/mol. The number of allylic oxidation sites excluding steroid dienone is 2. The molecule has 2 aromatic rings. The van der Waals surface area contributed by atoms with Gasteiger partial charge in [0.05, 0.1) is 6.42 Å². The van der Waals surface area contributed by atoms with Crippen LogP contribution in [0.4, 0.5) is 4.39 Å². The lowest BCUT2D eigenvalue weighted by molar-refractivity contribution is -0.141. The summed E-state index contributed by atoms with van der Waals surface area (Å²) in [5, 5.41) is 0. The average molecular weight is 495 g/mol. The number of halogens is 1. The molecule has 0 aliphatic heterocycles. The Kier molecular flexibility index (Phi) is 7.87.